The van der Waals surface area contributed by atoms with Crippen molar-refractivity contribution in [3.05, 3.63) is 0 Å². The molecule has 1 heterocycles. The summed E-state index contributed by atoms with van der Waals surface area (Å²) in [6.45, 7) is 1.02. The first-order valence-corrected chi connectivity index (χ1v) is 7.61. The third-order valence-corrected chi connectivity index (χ3v) is 4.12. The van der Waals surface area contributed by atoms with Crippen LogP contribution < -0.4 is 0 Å². The monoisotopic (exact) mass is 257 g/mol. The highest BCUT2D eigenvalue weighted by atomic mass is 17.3. The Morgan fingerprint density at radius 1 is 0.889 bits per heavy atom. The number of hydrogen-bond acceptors (Lipinski definition) is 4. The zero-order valence-electron chi connectivity index (χ0n) is 11.4. The van der Waals surface area contributed by atoms with Crippen LogP contribution in [0.15, 0.2) is 0 Å². The van der Waals surface area contributed by atoms with Gasteiger partial charge in [-0.25, -0.2) is 4.89 Å². The van der Waals surface area contributed by atoms with E-state index in [0.29, 0.717) is 6.04 Å². The molecule has 2 rings (SSSR count). The van der Waals surface area contributed by atoms with Gasteiger partial charge < -0.3 is 5.11 Å². The van der Waals surface area contributed by atoms with Gasteiger partial charge in [0.05, 0.1) is 6.61 Å². The summed E-state index contributed by atoms with van der Waals surface area (Å²) < 4.78 is 0. The Kier molecular flexibility index (Phi) is 6.41. The third kappa shape index (κ3) is 4.50. The molecule has 0 aromatic heterocycles. The topological polar surface area (TPSA) is 41.9 Å². The van der Waals surface area contributed by atoms with Crippen molar-refractivity contribution in [1.29, 1.82) is 0 Å². The van der Waals surface area contributed by atoms with Crippen molar-refractivity contribution in [2.45, 2.75) is 76.4 Å². The van der Waals surface area contributed by atoms with Crippen LogP contribution in [0.4, 0.5) is 0 Å². The first-order chi connectivity index (χ1) is 8.90. The minimum absolute atomic E-state index is 0.0541. The first kappa shape index (κ1) is 14.3. The summed E-state index contributed by atoms with van der Waals surface area (Å²) in [6, 6.07) is 0.503. The Labute approximate surface area is 110 Å². The van der Waals surface area contributed by atoms with Crippen molar-refractivity contribution in [3.63, 3.8) is 0 Å². The van der Waals surface area contributed by atoms with E-state index in [4.69, 9.17) is 15.0 Å². The Morgan fingerprint density at radius 2 is 1.56 bits per heavy atom. The minimum atomic E-state index is -0.152. The van der Waals surface area contributed by atoms with Gasteiger partial charge in [0.2, 0.25) is 0 Å². The normalized spacial score (nSPS) is 30.2. The second-order valence-corrected chi connectivity index (χ2v) is 5.61. The van der Waals surface area contributed by atoms with Crippen molar-refractivity contribution in [3.8, 4) is 0 Å². The zero-order valence-corrected chi connectivity index (χ0v) is 11.4. The Morgan fingerprint density at radius 3 is 2.28 bits per heavy atom. The van der Waals surface area contributed by atoms with Crippen LogP contribution >= 0.6 is 0 Å². The molecule has 1 atom stereocenters. The van der Waals surface area contributed by atoms with E-state index < -0.39 is 0 Å². The smallest absolute Gasteiger partial charge is 0.118 e. The van der Waals surface area contributed by atoms with Crippen LogP contribution in [0.1, 0.15) is 64.2 Å². The van der Waals surface area contributed by atoms with Crippen LogP contribution in [-0.4, -0.2) is 35.5 Å². The number of aliphatic hydroxyl groups is 1. The highest BCUT2D eigenvalue weighted by molar-refractivity contribution is 4.70. The molecule has 2 fully saturated rings. The lowest BCUT2D eigenvalue weighted by Gasteiger charge is -2.33. The van der Waals surface area contributed by atoms with Crippen molar-refractivity contribution < 1.29 is 15.0 Å². The summed E-state index contributed by atoms with van der Waals surface area (Å²) in [4.78, 5) is 10.8. The molecule has 1 saturated heterocycles. The fourth-order valence-corrected chi connectivity index (χ4v) is 2.93. The lowest BCUT2D eigenvalue weighted by Crippen LogP contribution is -2.39. The highest BCUT2D eigenvalue weighted by Gasteiger charge is 2.24. The average molecular weight is 257 g/mol. The molecule has 0 aromatic rings. The molecule has 1 N–H and O–H groups in total. The Hall–Kier alpha value is -0.160. The second kappa shape index (κ2) is 8.10. The third-order valence-electron chi connectivity index (χ3n) is 4.12. The molecule has 0 aromatic carbocycles. The molecule has 1 saturated carbocycles. The van der Waals surface area contributed by atoms with E-state index in [2.05, 4.69) is 0 Å². The average Bonchev–Trinajstić information content (AvgIpc) is 2.30. The lowest BCUT2D eigenvalue weighted by molar-refractivity contribution is -0.461. The van der Waals surface area contributed by atoms with Gasteiger partial charge in [0.15, 0.2) is 0 Å². The van der Waals surface area contributed by atoms with E-state index >= 15 is 0 Å². The fraction of sp³-hybridized carbons (Fsp3) is 1.00. The summed E-state index contributed by atoms with van der Waals surface area (Å²) in [6.07, 6.45) is 12.1. The van der Waals surface area contributed by atoms with Crippen LogP contribution in [-0.2, 0) is 9.88 Å². The van der Waals surface area contributed by atoms with Gasteiger partial charge >= 0.3 is 0 Å². The summed E-state index contributed by atoms with van der Waals surface area (Å²) in [5, 5.41) is 11.2. The molecule has 0 amide bonds. The molecule has 0 spiro atoms. The van der Waals surface area contributed by atoms with Crippen LogP contribution in [0.3, 0.4) is 0 Å². The molecule has 106 valence electrons. The second-order valence-electron chi connectivity index (χ2n) is 5.61. The van der Waals surface area contributed by atoms with E-state index in [9.17, 15) is 0 Å². The van der Waals surface area contributed by atoms with Gasteiger partial charge in [-0.3, -0.25) is 0 Å². The number of nitrogens with zero attached hydrogens (tertiary/aromatic N) is 1. The molecule has 4 nitrogen and oxygen atoms in total. The van der Waals surface area contributed by atoms with E-state index in [-0.39, 0.29) is 12.7 Å². The lowest BCUT2D eigenvalue weighted by atomic mass is 9.96. The molecular weight excluding hydrogens is 230 g/mol. The highest BCUT2D eigenvalue weighted by Crippen LogP contribution is 2.23. The Balaban J connectivity index is 1.84. The summed E-state index contributed by atoms with van der Waals surface area (Å²) in [5.41, 5.74) is 0. The standard InChI is InChI=1S/C14H27NO3/c16-12-14-10-6-7-11-15(18-17-14)13-8-4-2-1-3-5-9-13/h13-14,16H,1-12H2. The van der Waals surface area contributed by atoms with E-state index in [0.717, 1.165) is 25.8 Å². The predicted molar refractivity (Wildman–Crippen MR) is 69.7 cm³/mol. The van der Waals surface area contributed by atoms with Crippen molar-refractivity contribution in [2.24, 2.45) is 0 Å². The number of hydrogen-bond donors (Lipinski definition) is 1. The molecule has 18 heavy (non-hydrogen) atoms. The molecule has 2 aliphatic rings. The SMILES string of the molecule is OCC1CCCCN(C2CCCCCCC2)OO1. The number of rotatable bonds is 2. The zero-order chi connectivity index (χ0) is 12.6. The van der Waals surface area contributed by atoms with Gasteiger partial charge in [-0.05, 0) is 32.1 Å². The number of hydroxylamine groups is 2. The van der Waals surface area contributed by atoms with E-state index in [1.807, 2.05) is 5.06 Å². The predicted octanol–water partition coefficient (Wildman–Crippen LogP) is 2.81. The van der Waals surface area contributed by atoms with Crippen molar-refractivity contribution in [1.82, 2.24) is 5.06 Å². The fourth-order valence-electron chi connectivity index (χ4n) is 2.93. The van der Waals surface area contributed by atoms with E-state index in [1.165, 1.54) is 44.9 Å². The molecule has 1 aliphatic carbocycles. The maximum absolute atomic E-state index is 9.16. The van der Waals surface area contributed by atoms with Gasteiger partial charge in [0, 0.05) is 12.6 Å². The molecule has 0 radical (unpaired) electrons. The van der Waals surface area contributed by atoms with Crippen LogP contribution in [0.5, 0.6) is 0 Å². The van der Waals surface area contributed by atoms with Gasteiger partial charge in [0.1, 0.15) is 6.10 Å². The summed E-state index contributed by atoms with van der Waals surface area (Å²) in [5.74, 6) is 0. The van der Waals surface area contributed by atoms with Crippen LogP contribution in [0.2, 0.25) is 0 Å². The van der Waals surface area contributed by atoms with Gasteiger partial charge in [0.25, 0.3) is 0 Å². The first-order valence-electron chi connectivity index (χ1n) is 7.61. The van der Waals surface area contributed by atoms with Gasteiger partial charge in [-0.15, -0.1) is 4.99 Å². The summed E-state index contributed by atoms with van der Waals surface area (Å²) >= 11 is 0. The minimum Gasteiger partial charge on any atom is -0.394 e. The largest absolute Gasteiger partial charge is 0.394 e. The molecule has 1 unspecified atom stereocenters. The number of aliphatic hydroxyl groups excluding tert-OH is 1. The van der Waals surface area contributed by atoms with Crippen molar-refractivity contribution in [2.75, 3.05) is 13.2 Å². The van der Waals surface area contributed by atoms with E-state index in [1.54, 1.807) is 0 Å². The van der Waals surface area contributed by atoms with Gasteiger partial charge in [-0.1, -0.05) is 32.1 Å². The molecular formula is C14H27NO3. The molecule has 1 aliphatic heterocycles. The van der Waals surface area contributed by atoms with Gasteiger partial charge in [-0.2, -0.15) is 5.06 Å². The van der Waals surface area contributed by atoms with Crippen LogP contribution in [0, 0.1) is 0 Å². The maximum Gasteiger partial charge on any atom is 0.118 e. The Bertz CT molecular complexity index is 217. The van der Waals surface area contributed by atoms with Crippen LogP contribution in [0.25, 0.3) is 0 Å². The quantitative estimate of drug-likeness (QED) is 0.772. The summed E-state index contributed by atoms with van der Waals surface area (Å²) in [7, 11) is 0. The molecule has 4 heteroatoms. The maximum atomic E-state index is 9.16. The van der Waals surface area contributed by atoms with Crippen molar-refractivity contribution >= 4 is 0 Å². The molecule has 0 bridgehead atoms.